The molecule has 166 valence electrons. The van der Waals surface area contributed by atoms with E-state index < -0.39 is 6.61 Å². The molecule has 2 fully saturated rings. The fraction of sp³-hybridized carbons (Fsp3) is 0.636. The van der Waals surface area contributed by atoms with Gasteiger partial charge in [0, 0.05) is 25.6 Å². The molecule has 1 aromatic rings. The Labute approximate surface area is 176 Å². The maximum Gasteiger partial charge on any atom is 0.387 e. The summed E-state index contributed by atoms with van der Waals surface area (Å²) in [5, 5.41) is 2.85. The van der Waals surface area contributed by atoms with Gasteiger partial charge in [0.05, 0.1) is 6.54 Å². The molecule has 0 aliphatic carbocycles. The van der Waals surface area contributed by atoms with Crippen molar-refractivity contribution in [1.82, 2.24) is 15.1 Å². The molecule has 0 radical (unpaired) electrons. The number of carbonyl (C=O) groups is 2. The topological polar surface area (TPSA) is 61.9 Å². The predicted molar refractivity (Wildman–Crippen MR) is 109 cm³/mol. The van der Waals surface area contributed by atoms with Crippen molar-refractivity contribution in [1.29, 1.82) is 0 Å². The van der Waals surface area contributed by atoms with Crippen LogP contribution in [-0.4, -0.2) is 60.9 Å². The van der Waals surface area contributed by atoms with E-state index >= 15 is 0 Å². The number of hydrogen-bond donors (Lipinski definition) is 1. The van der Waals surface area contributed by atoms with Crippen LogP contribution in [0.1, 0.15) is 38.2 Å². The van der Waals surface area contributed by atoms with Crippen molar-refractivity contribution in [3.63, 3.8) is 0 Å². The Morgan fingerprint density at radius 1 is 1.07 bits per heavy atom. The third-order valence-electron chi connectivity index (χ3n) is 6.04. The summed E-state index contributed by atoms with van der Waals surface area (Å²) in [4.78, 5) is 29.0. The first-order chi connectivity index (χ1) is 14.4. The van der Waals surface area contributed by atoms with Gasteiger partial charge in [0.25, 0.3) is 0 Å². The third kappa shape index (κ3) is 6.65. The number of benzene rings is 1. The SMILES string of the molecule is CC1CCN(C(=O)C2CCN(CC(=O)NCc3ccc(OC(F)F)cc3)CC2)CC1. The predicted octanol–water partition coefficient (Wildman–Crippen LogP) is 2.87. The van der Waals surface area contributed by atoms with E-state index in [0.717, 1.165) is 57.4 Å². The highest BCUT2D eigenvalue weighted by atomic mass is 19.3. The summed E-state index contributed by atoms with van der Waals surface area (Å²) in [6, 6.07) is 6.21. The van der Waals surface area contributed by atoms with Gasteiger partial charge in [0.2, 0.25) is 11.8 Å². The lowest BCUT2D eigenvalue weighted by Gasteiger charge is -2.36. The Morgan fingerprint density at radius 3 is 2.30 bits per heavy atom. The van der Waals surface area contributed by atoms with Gasteiger partial charge in [-0.3, -0.25) is 14.5 Å². The lowest BCUT2D eigenvalue weighted by atomic mass is 9.92. The van der Waals surface area contributed by atoms with Gasteiger partial charge < -0.3 is 15.0 Å². The number of likely N-dealkylation sites (tertiary alicyclic amines) is 2. The van der Waals surface area contributed by atoms with Gasteiger partial charge in [0.1, 0.15) is 5.75 Å². The van der Waals surface area contributed by atoms with Gasteiger partial charge in [-0.15, -0.1) is 0 Å². The molecular formula is C22H31F2N3O3. The van der Waals surface area contributed by atoms with Crippen LogP contribution in [0.5, 0.6) is 5.75 Å². The molecule has 2 aliphatic rings. The molecule has 30 heavy (non-hydrogen) atoms. The van der Waals surface area contributed by atoms with Crippen molar-refractivity contribution in [2.24, 2.45) is 11.8 Å². The van der Waals surface area contributed by atoms with Gasteiger partial charge in [0.15, 0.2) is 0 Å². The van der Waals surface area contributed by atoms with E-state index in [-0.39, 0.29) is 23.5 Å². The lowest BCUT2D eigenvalue weighted by Crippen LogP contribution is -2.47. The van der Waals surface area contributed by atoms with E-state index in [9.17, 15) is 18.4 Å². The van der Waals surface area contributed by atoms with Crippen LogP contribution in [0.3, 0.4) is 0 Å². The highest BCUT2D eigenvalue weighted by Crippen LogP contribution is 2.23. The number of piperidine rings is 2. The molecule has 0 atom stereocenters. The molecule has 2 aliphatic heterocycles. The molecular weight excluding hydrogens is 392 g/mol. The standard InChI is InChI=1S/C22H31F2N3O3/c1-16-6-12-27(13-7-16)21(29)18-8-10-26(11-9-18)15-20(28)25-14-17-2-4-19(5-3-17)30-22(23)24/h2-5,16,18,22H,6-15H2,1H3,(H,25,28). The van der Waals surface area contributed by atoms with E-state index in [1.807, 2.05) is 4.90 Å². The molecule has 0 unspecified atom stereocenters. The molecule has 0 aromatic heterocycles. The highest BCUT2D eigenvalue weighted by molar-refractivity contribution is 5.79. The van der Waals surface area contributed by atoms with E-state index in [0.29, 0.717) is 19.0 Å². The number of halogens is 2. The number of nitrogens with one attached hydrogen (secondary N) is 1. The zero-order chi connectivity index (χ0) is 21.5. The van der Waals surface area contributed by atoms with Crippen LogP contribution in [0.25, 0.3) is 0 Å². The first-order valence-corrected chi connectivity index (χ1v) is 10.7. The molecule has 1 N–H and O–H groups in total. The van der Waals surface area contributed by atoms with Crippen molar-refractivity contribution >= 4 is 11.8 Å². The molecule has 2 heterocycles. The summed E-state index contributed by atoms with van der Waals surface area (Å²) in [7, 11) is 0. The summed E-state index contributed by atoms with van der Waals surface area (Å²) in [5.41, 5.74) is 0.810. The molecule has 0 saturated carbocycles. The monoisotopic (exact) mass is 423 g/mol. The van der Waals surface area contributed by atoms with Crippen LogP contribution in [-0.2, 0) is 16.1 Å². The van der Waals surface area contributed by atoms with Gasteiger partial charge in [-0.2, -0.15) is 8.78 Å². The van der Waals surface area contributed by atoms with Crippen LogP contribution < -0.4 is 10.1 Å². The van der Waals surface area contributed by atoms with Gasteiger partial charge in [-0.25, -0.2) is 0 Å². The van der Waals surface area contributed by atoms with Gasteiger partial charge in [-0.05, 0) is 62.4 Å². The molecule has 2 amide bonds. The number of hydrogen-bond acceptors (Lipinski definition) is 4. The Balaban J connectivity index is 1.35. The number of amides is 2. The Bertz CT molecular complexity index is 698. The summed E-state index contributed by atoms with van der Waals surface area (Å²) in [5.74, 6) is 1.07. The lowest BCUT2D eigenvalue weighted by molar-refractivity contribution is -0.138. The number of nitrogens with zero attached hydrogens (tertiary/aromatic N) is 2. The molecule has 8 heteroatoms. The van der Waals surface area contributed by atoms with Crippen LogP contribution in [0.15, 0.2) is 24.3 Å². The van der Waals surface area contributed by atoms with E-state index in [1.165, 1.54) is 12.1 Å². The normalized spacial score (nSPS) is 19.1. The van der Waals surface area contributed by atoms with Crippen molar-refractivity contribution in [3.05, 3.63) is 29.8 Å². The maximum atomic E-state index is 12.7. The Morgan fingerprint density at radius 2 is 1.70 bits per heavy atom. The van der Waals surface area contributed by atoms with Gasteiger partial charge >= 0.3 is 6.61 Å². The van der Waals surface area contributed by atoms with Crippen LogP contribution in [0.2, 0.25) is 0 Å². The number of ether oxygens (including phenoxy) is 1. The minimum absolute atomic E-state index is 0.0756. The van der Waals surface area contributed by atoms with Crippen molar-refractivity contribution in [2.75, 3.05) is 32.7 Å². The fourth-order valence-electron chi connectivity index (χ4n) is 4.07. The number of rotatable bonds is 7. The third-order valence-corrected chi connectivity index (χ3v) is 6.04. The van der Waals surface area contributed by atoms with Gasteiger partial charge in [-0.1, -0.05) is 19.1 Å². The summed E-state index contributed by atoms with van der Waals surface area (Å²) >= 11 is 0. The van der Waals surface area contributed by atoms with Crippen molar-refractivity contribution in [2.45, 2.75) is 45.8 Å². The number of carbonyl (C=O) groups excluding carboxylic acids is 2. The second kappa shape index (κ2) is 10.7. The molecule has 3 rings (SSSR count). The van der Waals surface area contributed by atoms with Crippen LogP contribution >= 0.6 is 0 Å². The maximum absolute atomic E-state index is 12.7. The Hall–Kier alpha value is -2.22. The fourth-order valence-corrected chi connectivity index (χ4v) is 4.07. The van der Waals surface area contributed by atoms with Crippen LogP contribution in [0, 0.1) is 11.8 Å². The molecule has 2 saturated heterocycles. The average Bonchev–Trinajstić information content (AvgIpc) is 2.73. The average molecular weight is 424 g/mol. The summed E-state index contributed by atoms with van der Waals surface area (Å²) in [6.45, 7) is 3.25. The smallest absolute Gasteiger partial charge is 0.387 e. The quantitative estimate of drug-likeness (QED) is 0.733. The summed E-state index contributed by atoms with van der Waals surface area (Å²) < 4.78 is 28.6. The van der Waals surface area contributed by atoms with E-state index in [4.69, 9.17) is 0 Å². The zero-order valence-electron chi connectivity index (χ0n) is 17.5. The zero-order valence-corrected chi connectivity index (χ0v) is 17.5. The molecule has 0 bridgehead atoms. The largest absolute Gasteiger partial charge is 0.435 e. The molecule has 0 spiro atoms. The van der Waals surface area contributed by atoms with E-state index in [1.54, 1.807) is 12.1 Å². The highest BCUT2D eigenvalue weighted by Gasteiger charge is 2.30. The van der Waals surface area contributed by atoms with Crippen LogP contribution in [0.4, 0.5) is 8.78 Å². The first-order valence-electron chi connectivity index (χ1n) is 10.7. The first kappa shape index (κ1) is 22.5. The Kier molecular flexibility index (Phi) is 8.01. The molecule has 1 aromatic carbocycles. The number of alkyl halides is 2. The second-order valence-corrected chi connectivity index (χ2v) is 8.36. The van der Waals surface area contributed by atoms with Crippen molar-refractivity contribution < 1.29 is 23.1 Å². The van der Waals surface area contributed by atoms with Crippen molar-refractivity contribution in [3.8, 4) is 5.75 Å². The summed E-state index contributed by atoms with van der Waals surface area (Å²) in [6.07, 6.45) is 3.77. The molecule has 6 nitrogen and oxygen atoms in total. The second-order valence-electron chi connectivity index (χ2n) is 8.36. The minimum Gasteiger partial charge on any atom is -0.435 e. The minimum atomic E-state index is -2.85. The van der Waals surface area contributed by atoms with E-state index in [2.05, 4.69) is 21.9 Å².